The van der Waals surface area contributed by atoms with Crippen molar-refractivity contribution in [2.45, 2.75) is 78.1 Å². The summed E-state index contributed by atoms with van der Waals surface area (Å²) in [6.07, 6.45) is 10.7. The second kappa shape index (κ2) is 18.3. The van der Waals surface area contributed by atoms with Crippen LogP contribution in [0.4, 0.5) is 0 Å². The molecule has 0 aliphatic carbocycles. The first-order valence-electron chi connectivity index (χ1n) is 10.4. The Balaban J connectivity index is 3.30. The van der Waals surface area contributed by atoms with Crippen LogP contribution in [0.25, 0.3) is 0 Å². The Morgan fingerprint density at radius 3 is 1.11 bits per heavy atom. The molecule has 0 aliphatic rings. The van der Waals surface area contributed by atoms with Crippen molar-refractivity contribution in [3.8, 4) is 0 Å². The molecule has 8 nitrogen and oxygen atoms in total. The fraction of sp³-hybridized carbons (Fsp3) is 0.800. The Morgan fingerprint density at radius 1 is 0.536 bits per heavy atom. The van der Waals surface area contributed by atoms with Gasteiger partial charge in [-0.15, -0.1) is 0 Å². The first-order valence-corrected chi connectivity index (χ1v) is 10.4. The molecule has 2 amide bonds. The average molecular weight is 401 g/mol. The maximum Gasteiger partial charge on any atom is 0.396 e. The lowest BCUT2D eigenvalue weighted by molar-refractivity contribution is -0.154. The van der Waals surface area contributed by atoms with Gasteiger partial charge in [-0.3, -0.25) is 9.59 Å². The lowest BCUT2D eigenvalue weighted by Crippen LogP contribution is -2.33. The molecular formula is C20H36N2O6. The molecule has 0 aromatic carbocycles. The number of ether oxygens (including phenoxy) is 2. The van der Waals surface area contributed by atoms with E-state index in [9.17, 15) is 19.2 Å². The van der Waals surface area contributed by atoms with Gasteiger partial charge in [0.2, 0.25) is 0 Å². The van der Waals surface area contributed by atoms with Crippen LogP contribution in [-0.2, 0) is 28.7 Å². The van der Waals surface area contributed by atoms with E-state index >= 15 is 0 Å². The first kappa shape index (κ1) is 25.9. The summed E-state index contributed by atoms with van der Waals surface area (Å²) in [7, 11) is 0. The topological polar surface area (TPSA) is 111 Å². The molecule has 0 atom stereocenters. The number of carbonyl (C=O) groups is 4. The van der Waals surface area contributed by atoms with Crippen LogP contribution < -0.4 is 10.6 Å². The zero-order chi connectivity index (χ0) is 21.0. The molecule has 8 heteroatoms. The van der Waals surface area contributed by atoms with Crippen LogP contribution in [0.2, 0.25) is 0 Å². The number of hydrogen-bond acceptors (Lipinski definition) is 6. The summed E-state index contributed by atoms with van der Waals surface area (Å²) < 4.78 is 9.22. The van der Waals surface area contributed by atoms with Crippen LogP contribution in [0.5, 0.6) is 0 Å². The summed E-state index contributed by atoms with van der Waals surface area (Å²) in [5.41, 5.74) is 0. The van der Waals surface area contributed by atoms with Gasteiger partial charge in [0.15, 0.2) is 0 Å². The highest BCUT2D eigenvalue weighted by Gasteiger charge is 2.13. The monoisotopic (exact) mass is 400 g/mol. The molecule has 0 bridgehead atoms. The SMILES string of the molecule is CCOC(=O)C(=O)NCCCCCCCCCCCCNC(=O)C(=O)OCC. The van der Waals surface area contributed by atoms with Gasteiger partial charge in [0.05, 0.1) is 13.2 Å². The molecule has 0 unspecified atom stereocenters. The minimum absolute atomic E-state index is 0.207. The highest BCUT2D eigenvalue weighted by molar-refractivity contribution is 6.32. The third kappa shape index (κ3) is 15.0. The van der Waals surface area contributed by atoms with Crippen molar-refractivity contribution in [3.63, 3.8) is 0 Å². The maximum absolute atomic E-state index is 11.3. The smallest absolute Gasteiger partial charge is 0.396 e. The van der Waals surface area contributed by atoms with Crippen molar-refractivity contribution in [1.82, 2.24) is 10.6 Å². The Morgan fingerprint density at radius 2 is 0.821 bits per heavy atom. The van der Waals surface area contributed by atoms with Gasteiger partial charge >= 0.3 is 23.8 Å². The van der Waals surface area contributed by atoms with Gasteiger partial charge < -0.3 is 20.1 Å². The molecule has 0 heterocycles. The predicted octanol–water partition coefficient (Wildman–Crippen LogP) is 2.25. The Hall–Kier alpha value is -2.12. The summed E-state index contributed by atoms with van der Waals surface area (Å²) in [6.45, 7) is 4.75. The van der Waals surface area contributed by atoms with Gasteiger partial charge in [-0.25, -0.2) is 9.59 Å². The van der Waals surface area contributed by atoms with Crippen molar-refractivity contribution < 1.29 is 28.7 Å². The highest BCUT2D eigenvalue weighted by Crippen LogP contribution is 2.10. The quantitative estimate of drug-likeness (QED) is 0.248. The van der Waals surface area contributed by atoms with Crippen LogP contribution in [0.1, 0.15) is 78.1 Å². The molecule has 0 saturated carbocycles. The van der Waals surface area contributed by atoms with Crippen LogP contribution in [0.3, 0.4) is 0 Å². The molecule has 0 saturated heterocycles. The van der Waals surface area contributed by atoms with Gasteiger partial charge in [-0.1, -0.05) is 51.4 Å². The lowest BCUT2D eigenvalue weighted by atomic mass is 10.1. The van der Waals surface area contributed by atoms with E-state index in [2.05, 4.69) is 20.1 Å². The summed E-state index contributed by atoms with van der Waals surface area (Å²) in [6, 6.07) is 0. The molecule has 0 aromatic rings. The van der Waals surface area contributed by atoms with Gasteiger partial charge in [0.1, 0.15) is 0 Å². The minimum Gasteiger partial charge on any atom is -0.459 e. The molecular weight excluding hydrogens is 364 g/mol. The Bertz CT molecular complexity index is 426. The van der Waals surface area contributed by atoms with E-state index in [1.165, 1.54) is 25.7 Å². The highest BCUT2D eigenvalue weighted by atomic mass is 16.5. The molecule has 162 valence electrons. The van der Waals surface area contributed by atoms with Gasteiger partial charge in [-0.2, -0.15) is 0 Å². The van der Waals surface area contributed by atoms with Gasteiger partial charge in [0.25, 0.3) is 0 Å². The van der Waals surface area contributed by atoms with Crippen LogP contribution in [-0.4, -0.2) is 50.1 Å². The van der Waals surface area contributed by atoms with E-state index in [4.69, 9.17) is 0 Å². The lowest BCUT2D eigenvalue weighted by Gasteiger charge is -2.05. The van der Waals surface area contributed by atoms with Crippen molar-refractivity contribution in [1.29, 1.82) is 0 Å². The van der Waals surface area contributed by atoms with Crippen molar-refractivity contribution in [3.05, 3.63) is 0 Å². The zero-order valence-corrected chi connectivity index (χ0v) is 17.3. The number of amides is 2. The number of hydrogen-bond donors (Lipinski definition) is 2. The van der Waals surface area contributed by atoms with Gasteiger partial charge in [0, 0.05) is 13.1 Å². The normalized spacial score (nSPS) is 10.2. The van der Waals surface area contributed by atoms with Gasteiger partial charge in [-0.05, 0) is 26.7 Å². The van der Waals surface area contributed by atoms with Crippen molar-refractivity contribution in [2.75, 3.05) is 26.3 Å². The largest absolute Gasteiger partial charge is 0.459 e. The summed E-state index contributed by atoms with van der Waals surface area (Å²) in [4.78, 5) is 44.8. The van der Waals surface area contributed by atoms with E-state index in [0.717, 1.165) is 38.5 Å². The van der Waals surface area contributed by atoms with Crippen LogP contribution in [0, 0.1) is 0 Å². The minimum atomic E-state index is -0.816. The third-order valence-electron chi connectivity index (χ3n) is 4.10. The number of rotatable bonds is 15. The number of esters is 2. The molecule has 2 N–H and O–H groups in total. The molecule has 0 fully saturated rings. The van der Waals surface area contributed by atoms with E-state index in [1.807, 2.05) is 0 Å². The second-order valence-corrected chi connectivity index (χ2v) is 6.49. The average Bonchev–Trinajstić information content (AvgIpc) is 2.68. The standard InChI is InChI=1S/C20H36N2O6/c1-3-27-19(25)17(23)21-15-13-11-9-7-5-6-8-10-12-14-16-22-18(24)20(26)28-4-2/h3-16H2,1-2H3,(H,21,23)(H,22,24). The number of carbonyl (C=O) groups excluding carboxylic acids is 4. The maximum atomic E-state index is 11.3. The fourth-order valence-electron chi connectivity index (χ4n) is 2.61. The number of nitrogens with one attached hydrogen (secondary N) is 2. The fourth-order valence-corrected chi connectivity index (χ4v) is 2.61. The van der Waals surface area contributed by atoms with E-state index in [-0.39, 0.29) is 13.2 Å². The molecule has 0 aromatic heterocycles. The van der Waals surface area contributed by atoms with Crippen molar-refractivity contribution in [2.24, 2.45) is 0 Å². The summed E-state index contributed by atoms with van der Waals surface area (Å²) in [5.74, 6) is -2.96. The number of unbranched alkanes of at least 4 members (excludes halogenated alkanes) is 9. The zero-order valence-electron chi connectivity index (χ0n) is 17.3. The molecule has 0 rings (SSSR count). The second-order valence-electron chi connectivity index (χ2n) is 6.49. The van der Waals surface area contributed by atoms with Crippen LogP contribution >= 0.6 is 0 Å². The third-order valence-corrected chi connectivity index (χ3v) is 4.10. The van der Waals surface area contributed by atoms with E-state index < -0.39 is 23.8 Å². The van der Waals surface area contributed by atoms with E-state index in [0.29, 0.717) is 13.1 Å². The first-order chi connectivity index (χ1) is 13.5. The summed E-state index contributed by atoms with van der Waals surface area (Å²) in [5, 5.41) is 5.11. The molecule has 28 heavy (non-hydrogen) atoms. The molecule has 0 aliphatic heterocycles. The van der Waals surface area contributed by atoms with E-state index in [1.54, 1.807) is 13.8 Å². The Kier molecular flexibility index (Phi) is 16.9. The van der Waals surface area contributed by atoms with Crippen molar-refractivity contribution >= 4 is 23.8 Å². The molecule has 0 radical (unpaired) electrons. The van der Waals surface area contributed by atoms with Crippen LogP contribution in [0.15, 0.2) is 0 Å². The predicted molar refractivity (Wildman–Crippen MR) is 105 cm³/mol. The Labute approximate surface area is 168 Å². The molecule has 0 spiro atoms. The summed E-state index contributed by atoms with van der Waals surface area (Å²) >= 11 is 0.